The van der Waals surface area contributed by atoms with Crippen molar-refractivity contribution in [1.82, 2.24) is 15.4 Å². The van der Waals surface area contributed by atoms with Gasteiger partial charge in [-0.2, -0.15) is 0 Å². The number of aromatic nitrogens is 1. The number of nitrogens with zero attached hydrogens (tertiary/aromatic N) is 2. The molecule has 188 valence electrons. The van der Waals surface area contributed by atoms with Crippen LogP contribution in [0.1, 0.15) is 37.7 Å². The molecule has 8 nitrogen and oxygen atoms in total. The van der Waals surface area contributed by atoms with Crippen LogP contribution in [0.2, 0.25) is 0 Å². The smallest absolute Gasteiger partial charge is 0.273 e. The zero-order valence-electron chi connectivity index (χ0n) is 19.9. The van der Waals surface area contributed by atoms with Crippen molar-refractivity contribution in [2.45, 2.75) is 19.5 Å². The maximum atomic E-state index is 13.5. The van der Waals surface area contributed by atoms with Gasteiger partial charge in [0, 0.05) is 24.7 Å². The first kappa shape index (κ1) is 24.1. The highest BCUT2D eigenvalue weighted by atomic mass is 19.1. The average Bonchev–Trinajstić information content (AvgIpc) is 3.60. The summed E-state index contributed by atoms with van der Waals surface area (Å²) in [5, 5.41) is 6.60. The molecule has 0 saturated carbocycles. The van der Waals surface area contributed by atoms with Crippen molar-refractivity contribution < 1.29 is 28.0 Å². The summed E-state index contributed by atoms with van der Waals surface area (Å²) in [6.07, 6.45) is 0.635. The van der Waals surface area contributed by atoms with E-state index in [0.717, 1.165) is 11.1 Å². The number of halogens is 1. The van der Waals surface area contributed by atoms with Gasteiger partial charge >= 0.3 is 0 Å². The molecule has 2 heterocycles. The summed E-state index contributed by atoms with van der Waals surface area (Å²) >= 11 is 0. The normalized spacial score (nSPS) is 11.8. The monoisotopic (exact) mass is 501 g/mol. The molecular formula is C28H24FN3O5. The second-order valence-corrected chi connectivity index (χ2v) is 8.52. The van der Waals surface area contributed by atoms with E-state index in [1.807, 2.05) is 30.3 Å². The molecule has 0 saturated heterocycles. The van der Waals surface area contributed by atoms with Crippen molar-refractivity contribution in [3.05, 3.63) is 113 Å². The number of carbonyl (C=O) groups is 2. The first-order valence-electron chi connectivity index (χ1n) is 11.8. The largest absolute Gasteiger partial charge is 0.454 e. The fraction of sp³-hybridized carbons (Fsp3) is 0.179. The quantitative estimate of drug-likeness (QED) is 0.366. The molecule has 1 aliphatic heterocycles. The van der Waals surface area contributed by atoms with Crippen molar-refractivity contribution in [3.63, 3.8) is 0 Å². The summed E-state index contributed by atoms with van der Waals surface area (Å²) in [7, 11) is 0. The van der Waals surface area contributed by atoms with Gasteiger partial charge in [-0.3, -0.25) is 9.59 Å². The van der Waals surface area contributed by atoms with E-state index in [2.05, 4.69) is 10.5 Å². The van der Waals surface area contributed by atoms with Gasteiger partial charge < -0.3 is 24.2 Å². The van der Waals surface area contributed by atoms with Gasteiger partial charge in [0.2, 0.25) is 6.79 Å². The van der Waals surface area contributed by atoms with Crippen molar-refractivity contribution >= 4 is 11.8 Å². The third-order valence-corrected chi connectivity index (χ3v) is 5.92. The second-order valence-electron chi connectivity index (χ2n) is 8.52. The van der Waals surface area contributed by atoms with Crippen LogP contribution in [0, 0.1) is 5.82 Å². The van der Waals surface area contributed by atoms with Crippen LogP contribution in [0.5, 0.6) is 11.5 Å². The number of carbonyl (C=O) groups excluding carboxylic acids is 2. The predicted molar refractivity (Wildman–Crippen MR) is 132 cm³/mol. The lowest BCUT2D eigenvalue weighted by Crippen LogP contribution is -2.32. The van der Waals surface area contributed by atoms with Crippen LogP contribution in [0.3, 0.4) is 0 Å². The highest BCUT2D eigenvalue weighted by Gasteiger charge is 2.23. The number of rotatable bonds is 9. The molecule has 0 radical (unpaired) electrons. The van der Waals surface area contributed by atoms with Crippen LogP contribution in [-0.2, 0) is 19.5 Å². The molecule has 0 bridgehead atoms. The van der Waals surface area contributed by atoms with Crippen LogP contribution >= 0.6 is 0 Å². The van der Waals surface area contributed by atoms with E-state index in [9.17, 15) is 14.0 Å². The topological polar surface area (TPSA) is 93.9 Å². The Kier molecular flexibility index (Phi) is 7.12. The maximum Gasteiger partial charge on any atom is 0.273 e. The van der Waals surface area contributed by atoms with Crippen molar-refractivity contribution in [2.24, 2.45) is 0 Å². The van der Waals surface area contributed by atoms with Gasteiger partial charge in [0.1, 0.15) is 5.82 Å². The number of ether oxygens (including phenoxy) is 2. The number of nitrogens with one attached hydrogen (secondary N) is 1. The van der Waals surface area contributed by atoms with Crippen LogP contribution in [0.15, 0.2) is 83.4 Å². The summed E-state index contributed by atoms with van der Waals surface area (Å²) in [5.41, 5.74) is 2.38. The Morgan fingerprint density at radius 2 is 1.70 bits per heavy atom. The minimum Gasteiger partial charge on any atom is -0.454 e. The second kappa shape index (κ2) is 10.9. The van der Waals surface area contributed by atoms with E-state index in [1.165, 1.54) is 18.2 Å². The molecule has 0 fully saturated rings. The highest BCUT2D eigenvalue weighted by molar-refractivity contribution is 5.95. The zero-order chi connectivity index (χ0) is 25.6. The molecule has 0 atom stereocenters. The lowest BCUT2D eigenvalue weighted by atomic mass is 10.1. The van der Waals surface area contributed by atoms with Gasteiger partial charge in [-0.25, -0.2) is 4.39 Å². The van der Waals surface area contributed by atoms with Crippen LogP contribution in [0.4, 0.5) is 4.39 Å². The highest BCUT2D eigenvalue weighted by Crippen LogP contribution is 2.33. The minimum atomic E-state index is -0.433. The van der Waals surface area contributed by atoms with E-state index < -0.39 is 5.91 Å². The molecule has 0 aliphatic carbocycles. The molecule has 2 amide bonds. The van der Waals surface area contributed by atoms with E-state index in [-0.39, 0.29) is 37.3 Å². The van der Waals surface area contributed by atoms with Gasteiger partial charge in [-0.05, 0) is 47.9 Å². The molecule has 1 N–H and O–H groups in total. The standard InChI is InChI=1S/C28H24FN3O5/c29-22-9-6-20(7-10-22)16-30-27(33)24-15-23(37-31-24)17-32(13-12-19-4-2-1-3-5-19)28(34)21-8-11-25-26(14-21)36-18-35-25/h1-11,14-15H,12-13,16-18H2,(H,30,33). The molecule has 0 spiro atoms. The number of amides is 2. The summed E-state index contributed by atoms with van der Waals surface area (Å²) in [6, 6.07) is 22.3. The van der Waals surface area contributed by atoms with Gasteiger partial charge in [-0.15, -0.1) is 0 Å². The molecule has 4 aromatic rings. The number of benzene rings is 3. The molecule has 1 aliphatic rings. The first-order valence-corrected chi connectivity index (χ1v) is 11.8. The lowest BCUT2D eigenvalue weighted by Gasteiger charge is -2.22. The molecule has 5 rings (SSSR count). The van der Waals surface area contributed by atoms with Gasteiger partial charge in [0.05, 0.1) is 6.54 Å². The molecule has 0 unspecified atom stereocenters. The summed E-state index contributed by atoms with van der Waals surface area (Å²) in [6.45, 7) is 0.879. The Morgan fingerprint density at radius 1 is 0.919 bits per heavy atom. The van der Waals surface area contributed by atoms with Gasteiger partial charge in [0.25, 0.3) is 11.8 Å². The number of fused-ring (bicyclic) bond motifs is 1. The van der Waals surface area contributed by atoms with Gasteiger partial charge in [0.15, 0.2) is 23.0 Å². The summed E-state index contributed by atoms with van der Waals surface area (Å²) < 4.78 is 29.3. The van der Waals surface area contributed by atoms with E-state index in [0.29, 0.717) is 35.8 Å². The minimum absolute atomic E-state index is 0.0932. The zero-order valence-corrected chi connectivity index (χ0v) is 19.9. The SMILES string of the molecule is O=C(NCc1ccc(F)cc1)c1cc(CN(CCc2ccccc2)C(=O)c2ccc3c(c2)OCO3)on1. The van der Waals surface area contributed by atoms with Crippen molar-refractivity contribution in [1.29, 1.82) is 0 Å². The van der Waals surface area contributed by atoms with E-state index >= 15 is 0 Å². The predicted octanol–water partition coefficient (Wildman–Crippen LogP) is 4.36. The van der Waals surface area contributed by atoms with Crippen molar-refractivity contribution in [3.8, 4) is 11.5 Å². The van der Waals surface area contributed by atoms with Crippen LogP contribution < -0.4 is 14.8 Å². The molecule has 1 aromatic heterocycles. The molecule has 37 heavy (non-hydrogen) atoms. The average molecular weight is 502 g/mol. The molecule has 9 heteroatoms. The lowest BCUT2D eigenvalue weighted by molar-refractivity contribution is 0.0728. The Morgan fingerprint density at radius 3 is 2.51 bits per heavy atom. The summed E-state index contributed by atoms with van der Waals surface area (Å²) in [4.78, 5) is 27.6. The number of hydrogen-bond acceptors (Lipinski definition) is 6. The Balaban J connectivity index is 1.28. The van der Waals surface area contributed by atoms with Crippen LogP contribution in [-0.4, -0.2) is 35.2 Å². The third kappa shape index (κ3) is 5.95. The molecular weight excluding hydrogens is 477 g/mol. The first-order chi connectivity index (χ1) is 18.0. The third-order valence-electron chi connectivity index (χ3n) is 5.92. The van der Waals surface area contributed by atoms with E-state index in [4.69, 9.17) is 14.0 Å². The Bertz CT molecular complexity index is 1390. The summed E-state index contributed by atoms with van der Waals surface area (Å²) in [5.74, 6) is 0.496. The van der Waals surface area contributed by atoms with E-state index in [1.54, 1.807) is 35.2 Å². The fourth-order valence-corrected chi connectivity index (χ4v) is 3.93. The fourth-order valence-electron chi connectivity index (χ4n) is 3.93. The maximum absolute atomic E-state index is 13.5. The Hall–Kier alpha value is -4.66. The molecule has 3 aromatic carbocycles. The number of hydrogen-bond donors (Lipinski definition) is 1. The van der Waals surface area contributed by atoms with Crippen molar-refractivity contribution in [2.75, 3.05) is 13.3 Å². The van der Waals surface area contributed by atoms with Gasteiger partial charge in [-0.1, -0.05) is 47.6 Å². The Labute approximate surface area is 212 Å². The van der Waals surface area contributed by atoms with Crippen LogP contribution in [0.25, 0.3) is 0 Å².